The Bertz CT molecular complexity index is 187. The summed E-state index contributed by atoms with van der Waals surface area (Å²) < 4.78 is 0. The maximum Gasteiger partial charge on any atom is 0.331 e. The van der Waals surface area contributed by atoms with Crippen molar-refractivity contribution in [1.82, 2.24) is 5.32 Å². The van der Waals surface area contributed by atoms with Gasteiger partial charge in [0.05, 0.1) is 0 Å². The number of carboxylic acids is 1. The number of carboxylic acid groups (broad SMARTS) is 1. The largest absolute Gasteiger partial charge is 0.478 e. The van der Waals surface area contributed by atoms with Crippen molar-refractivity contribution in [3.63, 3.8) is 0 Å². The maximum absolute atomic E-state index is 10.5. The van der Waals surface area contributed by atoms with Gasteiger partial charge in [0.15, 0.2) is 0 Å². The fraction of sp³-hybridized carbons (Fsp3) is 0.700. The lowest BCUT2D eigenvalue weighted by Crippen LogP contribution is -2.23. The van der Waals surface area contributed by atoms with E-state index in [4.69, 9.17) is 5.11 Å². The van der Waals surface area contributed by atoms with Crippen LogP contribution in [0.15, 0.2) is 11.6 Å². The van der Waals surface area contributed by atoms with Gasteiger partial charge in [-0.1, -0.05) is 25.8 Å². The van der Waals surface area contributed by atoms with Crippen LogP contribution in [0.25, 0.3) is 0 Å². The van der Waals surface area contributed by atoms with Crippen molar-refractivity contribution < 1.29 is 9.90 Å². The summed E-state index contributed by atoms with van der Waals surface area (Å²) in [6, 6.07) is 0.191. The van der Waals surface area contributed by atoms with Gasteiger partial charge in [0, 0.05) is 11.6 Å². The van der Waals surface area contributed by atoms with Crippen LogP contribution in [-0.4, -0.2) is 24.2 Å². The smallest absolute Gasteiger partial charge is 0.331 e. The molecule has 0 amide bonds. The molecule has 3 heteroatoms. The number of aliphatic carboxylic acids is 1. The number of unbranched alkanes of at least 4 members (excludes halogenated alkanes) is 1. The van der Waals surface area contributed by atoms with Gasteiger partial charge in [-0.3, -0.25) is 0 Å². The van der Waals surface area contributed by atoms with Gasteiger partial charge in [0.25, 0.3) is 0 Å². The predicted molar refractivity (Wildman–Crippen MR) is 53.8 cm³/mol. The molecule has 0 rings (SSSR count). The molecule has 0 aromatic carbocycles. The van der Waals surface area contributed by atoms with E-state index in [1.54, 1.807) is 13.0 Å². The fourth-order valence-electron chi connectivity index (χ4n) is 1.11. The third-order valence-corrected chi connectivity index (χ3v) is 2.03. The Labute approximate surface area is 79.8 Å². The van der Waals surface area contributed by atoms with Crippen molar-refractivity contribution in [2.45, 2.75) is 39.2 Å². The van der Waals surface area contributed by atoms with Crippen LogP contribution < -0.4 is 5.32 Å². The van der Waals surface area contributed by atoms with Crippen molar-refractivity contribution in [1.29, 1.82) is 0 Å². The van der Waals surface area contributed by atoms with E-state index < -0.39 is 5.97 Å². The van der Waals surface area contributed by atoms with E-state index >= 15 is 0 Å². The normalized spacial score (nSPS) is 14.2. The molecule has 0 spiro atoms. The second kappa shape index (κ2) is 6.66. The Morgan fingerprint density at radius 3 is 2.62 bits per heavy atom. The van der Waals surface area contributed by atoms with Gasteiger partial charge in [0.1, 0.15) is 0 Å². The summed E-state index contributed by atoms with van der Waals surface area (Å²) in [5.41, 5.74) is 0.412. The van der Waals surface area contributed by atoms with Gasteiger partial charge in [-0.15, -0.1) is 0 Å². The van der Waals surface area contributed by atoms with Gasteiger partial charge >= 0.3 is 5.97 Å². The summed E-state index contributed by atoms with van der Waals surface area (Å²) in [7, 11) is 1.85. The highest BCUT2D eigenvalue weighted by atomic mass is 16.4. The Hall–Kier alpha value is -0.830. The van der Waals surface area contributed by atoms with Crippen molar-refractivity contribution in [3.8, 4) is 0 Å². The van der Waals surface area contributed by atoms with E-state index in [-0.39, 0.29) is 6.04 Å². The highest BCUT2D eigenvalue weighted by molar-refractivity contribution is 5.85. The van der Waals surface area contributed by atoms with E-state index in [9.17, 15) is 4.79 Å². The third-order valence-electron chi connectivity index (χ3n) is 2.03. The molecular weight excluding hydrogens is 166 g/mol. The molecule has 0 fully saturated rings. The Kier molecular flexibility index (Phi) is 6.24. The highest BCUT2D eigenvalue weighted by Crippen LogP contribution is 2.04. The highest BCUT2D eigenvalue weighted by Gasteiger charge is 2.05. The molecule has 0 aliphatic carbocycles. The first-order valence-corrected chi connectivity index (χ1v) is 4.70. The van der Waals surface area contributed by atoms with Crippen LogP contribution in [0.5, 0.6) is 0 Å². The summed E-state index contributed by atoms with van der Waals surface area (Å²) in [4.78, 5) is 10.5. The van der Waals surface area contributed by atoms with Crippen LogP contribution in [0.1, 0.15) is 33.1 Å². The molecule has 0 aliphatic heterocycles. The van der Waals surface area contributed by atoms with Crippen LogP contribution in [0, 0.1) is 0 Å². The first-order valence-electron chi connectivity index (χ1n) is 4.70. The number of rotatable bonds is 6. The summed E-state index contributed by atoms with van der Waals surface area (Å²) in [6.07, 6.45) is 5.03. The second-order valence-electron chi connectivity index (χ2n) is 3.19. The number of hydrogen-bond donors (Lipinski definition) is 2. The molecule has 0 aromatic rings. The average Bonchev–Trinajstić information content (AvgIpc) is 2.11. The molecular formula is C10H19NO2. The molecule has 0 saturated heterocycles. The van der Waals surface area contributed by atoms with Crippen LogP contribution in [-0.2, 0) is 4.79 Å². The summed E-state index contributed by atoms with van der Waals surface area (Å²) in [6.45, 7) is 3.75. The Balaban J connectivity index is 4.09. The van der Waals surface area contributed by atoms with E-state index in [1.807, 2.05) is 7.05 Å². The molecule has 1 atom stereocenters. The molecule has 76 valence electrons. The molecule has 0 unspecified atom stereocenters. The molecule has 2 N–H and O–H groups in total. The number of nitrogens with one attached hydrogen (secondary N) is 1. The molecule has 0 heterocycles. The van der Waals surface area contributed by atoms with E-state index in [0.29, 0.717) is 5.57 Å². The molecule has 3 nitrogen and oxygen atoms in total. The summed E-state index contributed by atoms with van der Waals surface area (Å²) >= 11 is 0. The van der Waals surface area contributed by atoms with Gasteiger partial charge in [-0.05, 0) is 20.4 Å². The zero-order chi connectivity index (χ0) is 10.3. The average molecular weight is 185 g/mol. The van der Waals surface area contributed by atoms with Crippen LogP contribution in [0.2, 0.25) is 0 Å². The molecule has 0 radical (unpaired) electrons. The monoisotopic (exact) mass is 185 g/mol. The molecule has 13 heavy (non-hydrogen) atoms. The SMILES string of the molecule is CCCC[C@@H](C=C(C)C(=O)O)NC. The predicted octanol–water partition coefficient (Wildman–Crippen LogP) is 1.80. The molecule has 0 saturated carbocycles. The summed E-state index contributed by atoms with van der Waals surface area (Å²) in [5, 5.41) is 11.7. The second-order valence-corrected chi connectivity index (χ2v) is 3.19. The standard InChI is InChI=1S/C10H19NO2/c1-4-5-6-9(11-3)7-8(2)10(12)13/h7,9,11H,4-6H2,1-3H3,(H,12,13)/t9-/m0/s1. The van der Waals surface area contributed by atoms with Gasteiger partial charge in [0.2, 0.25) is 0 Å². The lowest BCUT2D eigenvalue weighted by Gasteiger charge is -2.11. The van der Waals surface area contributed by atoms with Crippen LogP contribution in [0.4, 0.5) is 0 Å². The molecule has 0 aliphatic rings. The van der Waals surface area contributed by atoms with E-state index in [1.165, 1.54) is 0 Å². The minimum Gasteiger partial charge on any atom is -0.478 e. The van der Waals surface area contributed by atoms with Crippen molar-refractivity contribution >= 4 is 5.97 Å². The van der Waals surface area contributed by atoms with Crippen LogP contribution >= 0.6 is 0 Å². The van der Waals surface area contributed by atoms with Gasteiger partial charge < -0.3 is 10.4 Å². The van der Waals surface area contributed by atoms with Gasteiger partial charge in [-0.25, -0.2) is 4.79 Å². The van der Waals surface area contributed by atoms with Crippen molar-refractivity contribution in [2.24, 2.45) is 0 Å². The topological polar surface area (TPSA) is 49.3 Å². The van der Waals surface area contributed by atoms with Crippen molar-refractivity contribution in [3.05, 3.63) is 11.6 Å². The number of hydrogen-bond acceptors (Lipinski definition) is 2. The summed E-state index contributed by atoms with van der Waals surface area (Å²) in [5.74, 6) is -0.836. The molecule has 0 aromatic heterocycles. The zero-order valence-electron chi connectivity index (χ0n) is 8.63. The maximum atomic E-state index is 10.5. The Morgan fingerprint density at radius 1 is 1.62 bits per heavy atom. The van der Waals surface area contributed by atoms with Crippen molar-refractivity contribution in [2.75, 3.05) is 7.05 Å². The fourth-order valence-corrected chi connectivity index (χ4v) is 1.11. The third kappa shape index (κ3) is 5.42. The van der Waals surface area contributed by atoms with E-state index in [2.05, 4.69) is 12.2 Å². The first kappa shape index (κ1) is 12.2. The van der Waals surface area contributed by atoms with E-state index in [0.717, 1.165) is 19.3 Å². The number of likely N-dealkylation sites (N-methyl/N-ethyl adjacent to an activating group) is 1. The first-order chi connectivity index (χ1) is 6.11. The van der Waals surface area contributed by atoms with Gasteiger partial charge in [-0.2, -0.15) is 0 Å². The quantitative estimate of drug-likeness (QED) is 0.620. The molecule has 0 bridgehead atoms. The minimum absolute atomic E-state index is 0.191. The Morgan fingerprint density at radius 2 is 2.23 bits per heavy atom. The zero-order valence-corrected chi connectivity index (χ0v) is 8.63. The van der Waals surface area contributed by atoms with Crippen LogP contribution in [0.3, 0.4) is 0 Å². The lowest BCUT2D eigenvalue weighted by molar-refractivity contribution is -0.132. The number of carbonyl (C=O) groups is 1. The lowest BCUT2D eigenvalue weighted by atomic mass is 10.1. The minimum atomic E-state index is -0.836.